The molecule has 0 fully saturated rings. The molecule has 0 amide bonds. The number of rotatable bonds is 6. The average molecular weight is 253 g/mol. The van der Waals surface area contributed by atoms with Crippen LogP contribution in [0.25, 0.3) is 0 Å². The lowest BCUT2D eigenvalue weighted by molar-refractivity contribution is 0.354. The number of nitrogens with two attached hydrogens (primary N) is 1. The van der Waals surface area contributed by atoms with Crippen LogP contribution >= 0.6 is 12.2 Å². The van der Waals surface area contributed by atoms with E-state index in [0.29, 0.717) is 10.9 Å². The van der Waals surface area contributed by atoms with Crippen molar-refractivity contribution in [1.29, 1.82) is 0 Å². The van der Waals surface area contributed by atoms with E-state index in [-0.39, 0.29) is 0 Å². The van der Waals surface area contributed by atoms with Crippen LogP contribution in [0.1, 0.15) is 18.9 Å². The van der Waals surface area contributed by atoms with Gasteiger partial charge in [-0.15, -0.1) is 0 Å². The highest BCUT2D eigenvalue weighted by molar-refractivity contribution is 7.80. The van der Waals surface area contributed by atoms with Crippen LogP contribution in [-0.2, 0) is 6.42 Å². The van der Waals surface area contributed by atoms with Gasteiger partial charge in [-0.25, -0.2) is 0 Å². The molecule has 0 heterocycles. The Balaban J connectivity index is 2.75. The maximum atomic E-state index is 5.54. The summed E-state index contributed by atoms with van der Waals surface area (Å²) in [6.45, 7) is 2.13. The molecular weight excluding hydrogens is 234 g/mol. The van der Waals surface area contributed by atoms with Gasteiger partial charge in [-0.3, -0.25) is 0 Å². The van der Waals surface area contributed by atoms with Gasteiger partial charge in [0.25, 0.3) is 0 Å². The van der Waals surface area contributed by atoms with Crippen molar-refractivity contribution in [2.45, 2.75) is 19.8 Å². The lowest BCUT2D eigenvalue weighted by Crippen LogP contribution is -2.13. The Kier molecular flexibility index (Phi) is 5.22. The van der Waals surface area contributed by atoms with Gasteiger partial charge in [0.15, 0.2) is 11.5 Å². The quantitative estimate of drug-likeness (QED) is 0.791. The molecule has 3 nitrogen and oxygen atoms in total. The molecule has 0 radical (unpaired) electrons. The topological polar surface area (TPSA) is 44.5 Å². The van der Waals surface area contributed by atoms with E-state index in [1.807, 2.05) is 18.2 Å². The van der Waals surface area contributed by atoms with E-state index in [0.717, 1.165) is 24.3 Å². The molecule has 0 saturated heterocycles. The monoisotopic (exact) mass is 253 g/mol. The molecule has 1 unspecified atom stereocenters. The predicted octanol–water partition coefficient (Wildman–Crippen LogP) is 2.56. The van der Waals surface area contributed by atoms with Gasteiger partial charge in [0.2, 0.25) is 0 Å². The van der Waals surface area contributed by atoms with Crippen molar-refractivity contribution in [3.8, 4) is 11.5 Å². The fourth-order valence-corrected chi connectivity index (χ4v) is 2.11. The van der Waals surface area contributed by atoms with E-state index in [2.05, 4.69) is 6.92 Å². The van der Waals surface area contributed by atoms with Gasteiger partial charge < -0.3 is 15.2 Å². The summed E-state index contributed by atoms with van der Waals surface area (Å²) in [5.74, 6) is 1.94. The van der Waals surface area contributed by atoms with E-state index in [1.165, 1.54) is 5.56 Å². The van der Waals surface area contributed by atoms with Crippen LogP contribution in [-0.4, -0.2) is 19.2 Å². The van der Waals surface area contributed by atoms with Crippen molar-refractivity contribution in [2.75, 3.05) is 14.2 Å². The highest BCUT2D eigenvalue weighted by Crippen LogP contribution is 2.28. The first-order valence-corrected chi connectivity index (χ1v) is 5.96. The van der Waals surface area contributed by atoms with Gasteiger partial charge in [-0.2, -0.15) is 0 Å². The van der Waals surface area contributed by atoms with Gasteiger partial charge in [-0.1, -0.05) is 25.2 Å². The molecule has 0 saturated carbocycles. The summed E-state index contributed by atoms with van der Waals surface area (Å²) in [4.78, 5) is 0.568. The number of benzene rings is 1. The first kappa shape index (κ1) is 13.8. The third-order valence-electron chi connectivity index (χ3n) is 2.58. The van der Waals surface area contributed by atoms with Crippen LogP contribution in [0.3, 0.4) is 0 Å². The van der Waals surface area contributed by atoms with Crippen LogP contribution in [0.2, 0.25) is 0 Å². The number of hydrogen-bond donors (Lipinski definition) is 1. The number of methoxy groups -OCH3 is 2. The minimum Gasteiger partial charge on any atom is -0.493 e. The van der Waals surface area contributed by atoms with Crippen molar-refractivity contribution >= 4 is 17.2 Å². The van der Waals surface area contributed by atoms with Crippen molar-refractivity contribution in [1.82, 2.24) is 0 Å². The summed E-state index contributed by atoms with van der Waals surface area (Å²) in [6.07, 6.45) is 1.70. The van der Waals surface area contributed by atoms with E-state index >= 15 is 0 Å². The maximum Gasteiger partial charge on any atom is 0.160 e. The maximum absolute atomic E-state index is 5.54. The molecule has 1 atom stereocenters. The molecule has 1 aromatic rings. The third kappa shape index (κ3) is 4.23. The zero-order valence-electron chi connectivity index (χ0n) is 10.5. The molecule has 17 heavy (non-hydrogen) atoms. The molecule has 2 N–H and O–H groups in total. The fourth-order valence-electron chi connectivity index (χ4n) is 1.83. The highest BCUT2D eigenvalue weighted by atomic mass is 32.1. The third-order valence-corrected chi connectivity index (χ3v) is 2.75. The van der Waals surface area contributed by atoms with Gasteiger partial charge >= 0.3 is 0 Å². The summed E-state index contributed by atoms with van der Waals surface area (Å²) in [5.41, 5.74) is 6.74. The predicted molar refractivity (Wildman–Crippen MR) is 73.8 cm³/mol. The SMILES string of the molecule is COc1ccc(CC(C)CC(N)=S)cc1OC. The minimum absolute atomic E-state index is 0.436. The minimum atomic E-state index is 0.436. The van der Waals surface area contributed by atoms with E-state index < -0.39 is 0 Å². The summed E-state index contributed by atoms with van der Waals surface area (Å²) in [7, 11) is 3.27. The lowest BCUT2D eigenvalue weighted by Gasteiger charge is -2.13. The van der Waals surface area contributed by atoms with Crippen molar-refractivity contribution in [3.63, 3.8) is 0 Å². The number of ether oxygens (including phenoxy) is 2. The Hall–Kier alpha value is -1.29. The second kappa shape index (κ2) is 6.45. The molecule has 94 valence electrons. The highest BCUT2D eigenvalue weighted by Gasteiger charge is 2.08. The second-order valence-electron chi connectivity index (χ2n) is 4.17. The molecule has 0 aliphatic heterocycles. The van der Waals surface area contributed by atoms with Gasteiger partial charge in [-0.05, 0) is 30.0 Å². The molecule has 1 rings (SSSR count). The zero-order valence-corrected chi connectivity index (χ0v) is 11.3. The smallest absolute Gasteiger partial charge is 0.160 e. The van der Waals surface area contributed by atoms with Crippen LogP contribution in [0.4, 0.5) is 0 Å². The van der Waals surface area contributed by atoms with Gasteiger partial charge in [0.05, 0.1) is 19.2 Å². The van der Waals surface area contributed by atoms with Crippen LogP contribution < -0.4 is 15.2 Å². The molecule has 0 aliphatic carbocycles. The van der Waals surface area contributed by atoms with Gasteiger partial charge in [0.1, 0.15) is 0 Å². The molecule has 4 heteroatoms. The Bertz CT molecular complexity index is 393. The largest absolute Gasteiger partial charge is 0.493 e. The molecule has 0 bridgehead atoms. The summed E-state index contributed by atoms with van der Waals surface area (Å²) >= 11 is 4.91. The normalized spacial score (nSPS) is 11.9. The Morgan fingerprint density at radius 3 is 2.47 bits per heavy atom. The molecular formula is C13H19NO2S. The number of hydrogen-bond acceptors (Lipinski definition) is 3. The van der Waals surface area contributed by atoms with Gasteiger partial charge in [0, 0.05) is 6.42 Å². The lowest BCUT2D eigenvalue weighted by atomic mass is 9.98. The number of thiocarbonyl (C=S) groups is 1. The molecule has 0 spiro atoms. The standard InChI is InChI=1S/C13H19NO2S/c1-9(7-13(14)17)6-10-4-5-11(15-2)12(8-10)16-3/h4-5,8-9H,6-7H2,1-3H3,(H2,14,17). The van der Waals surface area contributed by atoms with E-state index in [9.17, 15) is 0 Å². The first-order valence-electron chi connectivity index (χ1n) is 5.56. The van der Waals surface area contributed by atoms with Crippen LogP contribution in [0, 0.1) is 5.92 Å². The fraction of sp³-hybridized carbons (Fsp3) is 0.462. The molecule has 1 aromatic carbocycles. The Morgan fingerprint density at radius 1 is 1.29 bits per heavy atom. The summed E-state index contributed by atoms with van der Waals surface area (Å²) < 4.78 is 10.5. The zero-order chi connectivity index (χ0) is 12.8. The van der Waals surface area contributed by atoms with Crippen molar-refractivity contribution in [2.24, 2.45) is 11.7 Å². The molecule has 0 aromatic heterocycles. The first-order chi connectivity index (χ1) is 8.06. The second-order valence-corrected chi connectivity index (χ2v) is 4.69. The Morgan fingerprint density at radius 2 is 1.94 bits per heavy atom. The van der Waals surface area contributed by atoms with Crippen LogP contribution in [0.5, 0.6) is 11.5 Å². The van der Waals surface area contributed by atoms with Crippen LogP contribution in [0.15, 0.2) is 18.2 Å². The van der Waals surface area contributed by atoms with E-state index in [4.69, 9.17) is 27.4 Å². The van der Waals surface area contributed by atoms with Crippen molar-refractivity contribution in [3.05, 3.63) is 23.8 Å². The summed E-state index contributed by atoms with van der Waals surface area (Å²) in [6, 6.07) is 5.95. The summed E-state index contributed by atoms with van der Waals surface area (Å²) in [5, 5.41) is 0. The average Bonchev–Trinajstić information content (AvgIpc) is 2.27. The Labute approximate surface area is 108 Å². The van der Waals surface area contributed by atoms with Crippen molar-refractivity contribution < 1.29 is 9.47 Å². The molecule has 0 aliphatic rings. The van der Waals surface area contributed by atoms with E-state index in [1.54, 1.807) is 14.2 Å².